The molecule has 0 spiro atoms. The van der Waals surface area contributed by atoms with Crippen molar-refractivity contribution in [2.24, 2.45) is 7.05 Å². The molecule has 0 saturated heterocycles. The van der Waals surface area contributed by atoms with Gasteiger partial charge in [0.25, 0.3) is 0 Å². The van der Waals surface area contributed by atoms with Crippen LogP contribution in [0.5, 0.6) is 0 Å². The predicted octanol–water partition coefficient (Wildman–Crippen LogP) is 2.58. The summed E-state index contributed by atoms with van der Waals surface area (Å²) in [6, 6.07) is 1.99. The maximum atomic E-state index is 10.4. The number of hydrogen-bond acceptors (Lipinski definition) is 5. The summed E-state index contributed by atoms with van der Waals surface area (Å²) in [5.74, 6) is 0.757. The third-order valence-electron chi connectivity index (χ3n) is 2.49. The van der Waals surface area contributed by atoms with Crippen molar-refractivity contribution in [2.45, 2.75) is 17.8 Å². The molecule has 1 N–H and O–H groups in total. The predicted molar refractivity (Wildman–Crippen MR) is 76.3 cm³/mol. The van der Waals surface area contributed by atoms with Crippen LogP contribution >= 0.6 is 23.1 Å². The van der Waals surface area contributed by atoms with Crippen molar-refractivity contribution < 1.29 is 9.90 Å². The van der Waals surface area contributed by atoms with Gasteiger partial charge in [0.2, 0.25) is 0 Å². The van der Waals surface area contributed by atoms with Gasteiger partial charge in [0.05, 0.1) is 0 Å². The normalized spacial score (nSPS) is 11.3. The summed E-state index contributed by atoms with van der Waals surface area (Å²) in [7, 11) is 1.94. The lowest BCUT2D eigenvalue weighted by Crippen LogP contribution is -1.93. The molecule has 2 aromatic rings. The average Bonchev–Trinajstić information content (AvgIpc) is 2.94. The zero-order valence-electron chi connectivity index (χ0n) is 10.5. The van der Waals surface area contributed by atoms with E-state index < -0.39 is 5.97 Å². The third kappa shape index (κ3) is 3.68. The first-order valence-electron chi connectivity index (χ1n) is 5.53. The lowest BCUT2D eigenvalue weighted by Gasteiger charge is -1.99. The van der Waals surface area contributed by atoms with Gasteiger partial charge in [-0.2, -0.15) is 0 Å². The monoisotopic (exact) mass is 295 g/mol. The van der Waals surface area contributed by atoms with E-state index in [0.717, 1.165) is 28.4 Å². The molecule has 0 aliphatic rings. The van der Waals surface area contributed by atoms with E-state index in [1.54, 1.807) is 29.2 Å². The molecule has 2 heterocycles. The molecule has 0 bridgehead atoms. The Kier molecular flexibility index (Phi) is 4.39. The molecular formula is C12H13N3O2S2. The summed E-state index contributed by atoms with van der Waals surface area (Å²) in [4.78, 5) is 11.6. The Hall–Kier alpha value is -1.60. The first-order valence-corrected chi connectivity index (χ1v) is 7.40. The van der Waals surface area contributed by atoms with Gasteiger partial charge in [0.15, 0.2) is 5.16 Å². The summed E-state index contributed by atoms with van der Waals surface area (Å²) in [5, 5.41) is 19.5. The highest BCUT2D eigenvalue weighted by molar-refractivity contribution is 7.98. The Balaban J connectivity index is 1.97. The van der Waals surface area contributed by atoms with Gasteiger partial charge in [-0.15, -0.1) is 21.5 Å². The summed E-state index contributed by atoms with van der Waals surface area (Å²) < 4.78 is 1.95. The Morgan fingerprint density at radius 3 is 3.00 bits per heavy atom. The Morgan fingerprint density at radius 2 is 2.37 bits per heavy atom. The van der Waals surface area contributed by atoms with E-state index in [1.807, 2.05) is 30.0 Å². The number of thiophene rings is 1. The van der Waals surface area contributed by atoms with Crippen LogP contribution in [0.1, 0.15) is 16.3 Å². The Morgan fingerprint density at radius 1 is 1.58 bits per heavy atom. The maximum Gasteiger partial charge on any atom is 0.328 e. The van der Waals surface area contributed by atoms with Crippen LogP contribution in [0, 0.1) is 6.92 Å². The number of aromatic nitrogens is 3. The fraction of sp³-hybridized carbons (Fsp3) is 0.250. The number of carbonyl (C=O) groups is 1. The number of rotatable bonds is 5. The second kappa shape index (κ2) is 6.03. The Bertz CT molecular complexity index is 616. The molecule has 0 radical (unpaired) electrons. The van der Waals surface area contributed by atoms with Crippen molar-refractivity contribution in [2.75, 3.05) is 0 Å². The average molecular weight is 295 g/mol. The van der Waals surface area contributed by atoms with E-state index in [9.17, 15) is 4.79 Å². The van der Waals surface area contributed by atoms with Crippen LogP contribution in [-0.4, -0.2) is 25.8 Å². The van der Waals surface area contributed by atoms with Gasteiger partial charge >= 0.3 is 5.97 Å². The molecule has 19 heavy (non-hydrogen) atoms. The number of aryl methyl sites for hydroxylation is 1. The summed E-state index contributed by atoms with van der Waals surface area (Å²) in [6.45, 7) is 1.91. The molecule has 5 nitrogen and oxygen atoms in total. The van der Waals surface area contributed by atoms with E-state index in [-0.39, 0.29) is 0 Å². The van der Waals surface area contributed by atoms with Gasteiger partial charge in [-0.05, 0) is 30.0 Å². The number of carboxylic acid groups (broad SMARTS) is 1. The third-order valence-corrected chi connectivity index (χ3v) is 4.70. The highest BCUT2D eigenvalue weighted by atomic mass is 32.2. The first-order chi connectivity index (χ1) is 9.06. The van der Waals surface area contributed by atoms with Gasteiger partial charge in [0.1, 0.15) is 5.82 Å². The topological polar surface area (TPSA) is 68.0 Å². The van der Waals surface area contributed by atoms with Gasteiger partial charge in [0, 0.05) is 23.8 Å². The van der Waals surface area contributed by atoms with Gasteiger partial charge in [-0.3, -0.25) is 0 Å². The number of hydrogen-bond donors (Lipinski definition) is 1. The number of nitrogens with zero attached hydrogens (tertiary/aromatic N) is 3. The minimum absolute atomic E-state index is 0.803. The van der Waals surface area contributed by atoms with Crippen molar-refractivity contribution >= 4 is 35.1 Å². The van der Waals surface area contributed by atoms with Crippen molar-refractivity contribution in [3.05, 3.63) is 33.8 Å². The number of thioether (sulfide) groups is 1. The molecule has 0 aromatic carbocycles. The quantitative estimate of drug-likeness (QED) is 0.678. The summed E-state index contributed by atoms with van der Waals surface area (Å²) >= 11 is 3.23. The standard InChI is InChI=1S/C12H13N3O2S2/c1-8-13-14-12(15(8)2)19-7-10-5-9(6-18-10)3-4-11(16)17/h3-6H,7H2,1-2H3,(H,16,17). The second-order valence-corrected chi connectivity index (χ2v) is 5.83. The zero-order chi connectivity index (χ0) is 13.8. The molecule has 0 unspecified atom stereocenters. The van der Waals surface area contributed by atoms with E-state index in [4.69, 9.17) is 5.11 Å². The van der Waals surface area contributed by atoms with E-state index >= 15 is 0 Å². The lowest BCUT2D eigenvalue weighted by atomic mass is 10.3. The van der Waals surface area contributed by atoms with Crippen molar-refractivity contribution in [1.82, 2.24) is 14.8 Å². The SMILES string of the molecule is Cc1nnc(SCc2cc(C=CC(=O)O)cs2)n1C. The van der Waals surface area contributed by atoms with E-state index in [0.29, 0.717) is 0 Å². The summed E-state index contributed by atoms with van der Waals surface area (Å²) in [5.41, 5.74) is 0.914. The van der Waals surface area contributed by atoms with Crippen LogP contribution in [0.2, 0.25) is 0 Å². The minimum Gasteiger partial charge on any atom is -0.478 e. The molecule has 0 saturated carbocycles. The minimum atomic E-state index is -0.934. The van der Waals surface area contributed by atoms with Crippen LogP contribution < -0.4 is 0 Å². The van der Waals surface area contributed by atoms with Crippen molar-refractivity contribution in [1.29, 1.82) is 0 Å². The van der Waals surface area contributed by atoms with E-state index in [2.05, 4.69) is 10.2 Å². The Labute approximate surface area is 119 Å². The molecule has 0 fully saturated rings. The maximum absolute atomic E-state index is 10.4. The van der Waals surface area contributed by atoms with Gasteiger partial charge in [-0.1, -0.05) is 11.8 Å². The molecule has 0 amide bonds. The largest absolute Gasteiger partial charge is 0.478 e. The van der Waals surface area contributed by atoms with Crippen LogP contribution in [0.3, 0.4) is 0 Å². The zero-order valence-corrected chi connectivity index (χ0v) is 12.2. The molecule has 7 heteroatoms. The first kappa shape index (κ1) is 13.8. The molecule has 0 aliphatic heterocycles. The smallest absolute Gasteiger partial charge is 0.328 e. The fourth-order valence-electron chi connectivity index (χ4n) is 1.38. The van der Waals surface area contributed by atoms with Crippen molar-refractivity contribution in [3.8, 4) is 0 Å². The van der Waals surface area contributed by atoms with Crippen LogP contribution in [0.25, 0.3) is 6.08 Å². The van der Waals surface area contributed by atoms with Gasteiger partial charge in [-0.25, -0.2) is 4.79 Å². The molecule has 2 rings (SSSR count). The molecule has 0 atom stereocenters. The van der Waals surface area contributed by atoms with Crippen molar-refractivity contribution in [3.63, 3.8) is 0 Å². The molecule has 2 aromatic heterocycles. The molecule has 100 valence electrons. The highest BCUT2D eigenvalue weighted by Gasteiger charge is 2.06. The molecular weight excluding hydrogens is 282 g/mol. The van der Waals surface area contributed by atoms with Crippen LogP contribution in [-0.2, 0) is 17.6 Å². The second-order valence-electron chi connectivity index (χ2n) is 3.90. The van der Waals surface area contributed by atoms with Gasteiger partial charge < -0.3 is 9.67 Å². The van der Waals surface area contributed by atoms with E-state index in [1.165, 1.54) is 4.88 Å². The van der Waals surface area contributed by atoms with Crippen LogP contribution in [0.4, 0.5) is 0 Å². The highest BCUT2D eigenvalue weighted by Crippen LogP contribution is 2.25. The number of aliphatic carboxylic acids is 1. The lowest BCUT2D eigenvalue weighted by molar-refractivity contribution is -0.131. The number of carboxylic acids is 1. The van der Waals surface area contributed by atoms with Crippen LogP contribution in [0.15, 0.2) is 22.7 Å². The summed E-state index contributed by atoms with van der Waals surface area (Å²) in [6.07, 6.45) is 2.74. The molecule has 0 aliphatic carbocycles. The fourth-order valence-corrected chi connectivity index (χ4v) is 3.24.